The number of nitrogens with zero attached hydrogens (tertiary/aromatic N) is 5. The maximum absolute atomic E-state index is 12.5. The van der Waals surface area contributed by atoms with E-state index in [2.05, 4.69) is 25.9 Å². The van der Waals surface area contributed by atoms with E-state index in [1.165, 1.54) is 0 Å². The first-order valence-electron chi connectivity index (χ1n) is 10.0. The lowest BCUT2D eigenvalue weighted by molar-refractivity contribution is -0.140. The molecule has 28 heavy (non-hydrogen) atoms. The number of rotatable bonds is 4. The van der Waals surface area contributed by atoms with Gasteiger partial charge in [0, 0.05) is 49.4 Å². The van der Waals surface area contributed by atoms with Crippen LogP contribution in [0.4, 0.5) is 5.82 Å². The monoisotopic (exact) mass is 380 g/mol. The van der Waals surface area contributed by atoms with Crippen molar-refractivity contribution in [2.75, 3.05) is 25.4 Å². The molecule has 2 aromatic heterocycles. The molecule has 148 valence electrons. The molecule has 0 radical (unpaired) electrons. The molecule has 2 N–H and O–H groups in total. The first kappa shape index (κ1) is 18.8. The second-order valence-corrected chi connectivity index (χ2v) is 8.26. The fraction of sp³-hybridized carbons (Fsp3) is 0.524. The summed E-state index contributed by atoms with van der Waals surface area (Å²) in [6, 6.07) is 3.99. The second-order valence-electron chi connectivity index (χ2n) is 8.26. The summed E-state index contributed by atoms with van der Waals surface area (Å²) < 4.78 is 0. The molecule has 0 bridgehead atoms. The van der Waals surface area contributed by atoms with Gasteiger partial charge in [0.1, 0.15) is 5.82 Å². The van der Waals surface area contributed by atoms with Crippen molar-refractivity contribution in [3.63, 3.8) is 0 Å². The highest BCUT2D eigenvalue weighted by atomic mass is 16.2. The van der Waals surface area contributed by atoms with Gasteiger partial charge in [-0.3, -0.25) is 19.7 Å². The predicted molar refractivity (Wildman–Crippen MR) is 107 cm³/mol. The zero-order valence-electron chi connectivity index (χ0n) is 16.5. The molecule has 4 rings (SSSR count). The Morgan fingerprint density at radius 3 is 2.82 bits per heavy atom. The number of nitrogen functional groups attached to an aromatic ring is 1. The average molecular weight is 380 g/mol. The van der Waals surface area contributed by atoms with E-state index in [0.717, 1.165) is 62.4 Å². The molecule has 2 aliphatic heterocycles. The number of anilines is 1. The highest BCUT2D eigenvalue weighted by Crippen LogP contribution is 2.39. The van der Waals surface area contributed by atoms with Crippen LogP contribution in [0.15, 0.2) is 30.7 Å². The first-order chi connectivity index (χ1) is 13.5. The Morgan fingerprint density at radius 1 is 1.14 bits per heavy atom. The third-order valence-corrected chi connectivity index (χ3v) is 6.00. The molecule has 1 atom stereocenters. The largest absolute Gasteiger partial charge is 0.383 e. The average Bonchev–Trinajstić information content (AvgIpc) is 2.69. The Labute approximate surface area is 166 Å². The third kappa shape index (κ3) is 4.14. The Hall–Kier alpha value is -2.54. The van der Waals surface area contributed by atoms with Crippen LogP contribution in [0.25, 0.3) is 0 Å². The van der Waals surface area contributed by atoms with E-state index in [1.54, 1.807) is 18.6 Å². The van der Waals surface area contributed by atoms with Crippen molar-refractivity contribution in [1.82, 2.24) is 24.8 Å². The Kier molecular flexibility index (Phi) is 5.26. The zero-order valence-corrected chi connectivity index (χ0v) is 16.5. The van der Waals surface area contributed by atoms with Crippen molar-refractivity contribution in [2.45, 2.75) is 45.7 Å². The smallest absolute Gasteiger partial charge is 0.222 e. The summed E-state index contributed by atoms with van der Waals surface area (Å²) in [6.45, 7) is 6.13. The van der Waals surface area contributed by atoms with E-state index < -0.39 is 0 Å². The van der Waals surface area contributed by atoms with Crippen LogP contribution in [-0.2, 0) is 17.9 Å². The molecule has 2 aromatic rings. The van der Waals surface area contributed by atoms with E-state index in [-0.39, 0.29) is 11.3 Å². The number of hydrogen-bond donors (Lipinski definition) is 1. The Morgan fingerprint density at radius 2 is 2.04 bits per heavy atom. The lowest BCUT2D eigenvalue weighted by Gasteiger charge is -2.48. The third-order valence-electron chi connectivity index (χ3n) is 6.00. The summed E-state index contributed by atoms with van der Waals surface area (Å²) in [4.78, 5) is 30.0. The van der Waals surface area contributed by atoms with Crippen LogP contribution in [-0.4, -0.2) is 50.3 Å². The van der Waals surface area contributed by atoms with Crippen molar-refractivity contribution in [2.24, 2.45) is 5.41 Å². The molecule has 2 aliphatic rings. The topological polar surface area (TPSA) is 88.2 Å². The first-order valence-corrected chi connectivity index (χ1v) is 10.0. The maximum Gasteiger partial charge on any atom is 0.222 e. The molecule has 0 aromatic carbocycles. The Balaban J connectivity index is 1.45. The molecule has 1 amide bonds. The molecule has 7 nitrogen and oxygen atoms in total. The number of amides is 1. The summed E-state index contributed by atoms with van der Waals surface area (Å²) in [6.07, 6.45) is 9.16. The molecule has 4 heterocycles. The number of hydrogen-bond acceptors (Lipinski definition) is 6. The number of carbonyl (C=O) groups excluding carboxylic acids is 1. The minimum Gasteiger partial charge on any atom is -0.383 e. The standard InChI is InChI=1S/C21H28N6O/c1-16-10-25-18(11-24-16)13-27-15-21(7-5-19(27)28)6-3-9-26(14-21)12-17-4-2-8-23-20(17)22/h2,4,8,10-11H,3,5-7,9,12-15H2,1H3,(H2,22,23). The second kappa shape index (κ2) is 7.83. The van der Waals surface area contributed by atoms with E-state index in [9.17, 15) is 4.79 Å². The van der Waals surface area contributed by atoms with Gasteiger partial charge < -0.3 is 10.6 Å². The molecule has 2 saturated heterocycles. The van der Waals surface area contributed by atoms with Gasteiger partial charge in [-0.15, -0.1) is 0 Å². The van der Waals surface area contributed by atoms with Crippen molar-refractivity contribution in [3.8, 4) is 0 Å². The SMILES string of the molecule is Cc1cnc(CN2CC3(CCCN(Cc4cccnc4N)C3)CCC2=O)cn1. The lowest BCUT2D eigenvalue weighted by atomic mass is 9.73. The van der Waals surface area contributed by atoms with Gasteiger partial charge in [0.05, 0.1) is 24.1 Å². The molecule has 0 aliphatic carbocycles. The van der Waals surface area contributed by atoms with Crippen LogP contribution < -0.4 is 5.73 Å². The summed E-state index contributed by atoms with van der Waals surface area (Å²) in [5, 5.41) is 0. The van der Waals surface area contributed by atoms with Gasteiger partial charge in [0.15, 0.2) is 0 Å². The maximum atomic E-state index is 12.5. The zero-order chi connectivity index (χ0) is 19.6. The van der Waals surface area contributed by atoms with Gasteiger partial charge in [0.2, 0.25) is 5.91 Å². The summed E-state index contributed by atoms with van der Waals surface area (Å²) in [7, 11) is 0. The molecule has 1 unspecified atom stereocenters. The van der Waals surface area contributed by atoms with Gasteiger partial charge in [-0.2, -0.15) is 0 Å². The highest BCUT2D eigenvalue weighted by Gasteiger charge is 2.41. The predicted octanol–water partition coefficient (Wildman–Crippen LogP) is 2.17. The summed E-state index contributed by atoms with van der Waals surface area (Å²) >= 11 is 0. The fourth-order valence-electron chi connectivity index (χ4n) is 4.55. The van der Waals surface area contributed by atoms with Crippen LogP contribution in [0, 0.1) is 12.3 Å². The summed E-state index contributed by atoms with van der Waals surface area (Å²) in [5.41, 5.74) is 9.02. The molecule has 7 heteroatoms. The van der Waals surface area contributed by atoms with Gasteiger partial charge in [-0.25, -0.2) is 4.98 Å². The number of aromatic nitrogens is 3. The number of nitrogens with two attached hydrogens (primary N) is 1. The van der Waals surface area contributed by atoms with Crippen LogP contribution in [0.3, 0.4) is 0 Å². The highest BCUT2D eigenvalue weighted by molar-refractivity contribution is 5.77. The van der Waals surface area contributed by atoms with Gasteiger partial charge in [-0.1, -0.05) is 6.07 Å². The molecular weight excluding hydrogens is 352 g/mol. The fourth-order valence-corrected chi connectivity index (χ4v) is 4.55. The van der Waals surface area contributed by atoms with E-state index in [4.69, 9.17) is 5.73 Å². The number of piperidine rings is 2. The quantitative estimate of drug-likeness (QED) is 0.874. The van der Waals surface area contributed by atoms with Crippen LogP contribution in [0.2, 0.25) is 0 Å². The van der Waals surface area contributed by atoms with E-state index in [1.807, 2.05) is 17.9 Å². The van der Waals surface area contributed by atoms with Gasteiger partial charge in [0.25, 0.3) is 0 Å². The molecule has 2 fully saturated rings. The van der Waals surface area contributed by atoms with Crippen molar-refractivity contribution < 1.29 is 4.79 Å². The van der Waals surface area contributed by atoms with Crippen molar-refractivity contribution >= 4 is 11.7 Å². The number of pyridine rings is 1. The number of aryl methyl sites for hydroxylation is 1. The Bertz CT molecular complexity index is 839. The number of carbonyl (C=O) groups is 1. The van der Waals surface area contributed by atoms with Crippen LogP contribution in [0.5, 0.6) is 0 Å². The van der Waals surface area contributed by atoms with Crippen molar-refractivity contribution in [1.29, 1.82) is 0 Å². The number of likely N-dealkylation sites (tertiary alicyclic amines) is 2. The normalized spacial score (nSPS) is 23.3. The van der Waals surface area contributed by atoms with Crippen molar-refractivity contribution in [3.05, 3.63) is 47.7 Å². The molecular formula is C21H28N6O. The summed E-state index contributed by atoms with van der Waals surface area (Å²) in [5.74, 6) is 0.835. The van der Waals surface area contributed by atoms with E-state index in [0.29, 0.717) is 18.8 Å². The minimum absolute atomic E-state index is 0.154. The molecule has 1 spiro atoms. The minimum atomic E-state index is 0.154. The lowest BCUT2D eigenvalue weighted by Crippen LogP contribution is -2.53. The van der Waals surface area contributed by atoms with E-state index >= 15 is 0 Å². The van der Waals surface area contributed by atoms with Gasteiger partial charge >= 0.3 is 0 Å². The van der Waals surface area contributed by atoms with Crippen LogP contribution in [0.1, 0.15) is 42.6 Å². The van der Waals surface area contributed by atoms with Crippen LogP contribution >= 0.6 is 0 Å². The molecule has 0 saturated carbocycles. The van der Waals surface area contributed by atoms with Gasteiger partial charge in [-0.05, 0) is 38.8 Å².